The van der Waals surface area contributed by atoms with Gasteiger partial charge in [-0.05, 0) is 38.9 Å². The summed E-state index contributed by atoms with van der Waals surface area (Å²) in [5.41, 5.74) is -0.295. The van der Waals surface area contributed by atoms with E-state index in [-0.39, 0.29) is 5.72 Å². The van der Waals surface area contributed by atoms with Gasteiger partial charge in [0, 0.05) is 0 Å². The topological polar surface area (TPSA) is 21.3 Å². The van der Waals surface area contributed by atoms with Gasteiger partial charge in [-0.3, -0.25) is 5.32 Å². The Balaban J connectivity index is 2.42. The second kappa shape index (κ2) is 5.76. The van der Waals surface area contributed by atoms with Crippen LogP contribution in [-0.2, 0) is 0 Å². The molecule has 0 saturated carbocycles. The Hall–Kier alpha value is -1.02. The number of para-hydroxylation sites is 1. The fourth-order valence-corrected chi connectivity index (χ4v) is 1.39. The van der Waals surface area contributed by atoms with E-state index >= 15 is 0 Å². The molecule has 2 heteroatoms. The van der Waals surface area contributed by atoms with Crippen LogP contribution in [0.4, 0.5) is 0 Å². The van der Waals surface area contributed by atoms with E-state index in [0.717, 1.165) is 12.3 Å². The van der Waals surface area contributed by atoms with Gasteiger partial charge in [-0.25, -0.2) is 0 Å². The third kappa shape index (κ3) is 4.84. The second-order valence-electron chi connectivity index (χ2n) is 4.21. The van der Waals surface area contributed by atoms with Gasteiger partial charge in [-0.15, -0.1) is 0 Å². The number of nitrogens with one attached hydrogen (secondary N) is 1. The Labute approximate surface area is 92.6 Å². The Morgan fingerprint density at radius 2 is 1.87 bits per heavy atom. The van der Waals surface area contributed by atoms with Gasteiger partial charge < -0.3 is 4.74 Å². The summed E-state index contributed by atoms with van der Waals surface area (Å²) >= 11 is 0. The summed E-state index contributed by atoms with van der Waals surface area (Å²) in [5.74, 6) is 0.909. The maximum Gasteiger partial charge on any atom is 0.155 e. The van der Waals surface area contributed by atoms with Gasteiger partial charge in [0.15, 0.2) is 5.72 Å². The Kier molecular flexibility index (Phi) is 4.63. The van der Waals surface area contributed by atoms with E-state index in [4.69, 9.17) is 4.74 Å². The SMILES string of the molecule is CCCCNC(C)(C)Oc1ccccc1. The van der Waals surface area contributed by atoms with E-state index in [2.05, 4.69) is 26.1 Å². The van der Waals surface area contributed by atoms with Crippen molar-refractivity contribution in [2.45, 2.75) is 39.3 Å². The minimum Gasteiger partial charge on any atom is -0.473 e. The van der Waals surface area contributed by atoms with Crippen molar-refractivity contribution in [1.82, 2.24) is 5.32 Å². The number of unbranched alkanes of at least 4 members (excludes halogenated alkanes) is 1. The van der Waals surface area contributed by atoms with Gasteiger partial charge in [-0.2, -0.15) is 0 Å². The summed E-state index contributed by atoms with van der Waals surface area (Å²) in [6, 6.07) is 9.91. The summed E-state index contributed by atoms with van der Waals surface area (Å²) in [6.45, 7) is 7.29. The number of ether oxygens (including phenoxy) is 1. The zero-order chi connectivity index (χ0) is 11.1. The third-order valence-electron chi connectivity index (χ3n) is 2.20. The lowest BCUT2D eigenvalue weighted by molar-refractivity contribution is 0.0714. The second-order valence-corrected chi connectivity index (χ2v) is 4.21. The molecule has 0 aromatic heterocycles. The molecule has 84 valence electrons. The van der Waals surface area contributed by atoms with Crippen molar-refractivity contribution in [1.29, 1.82) is 0 Å². The Bertz CT molecular complexity index is 269. The highest BCUT2D eigenvalue weighted by Gasteiger charge is 2.17. The quantitative estimate of drug-likeness (QED) is 0.571. The van der Waals surface area contributed by atoms with Crippen molar-refractivity contribution in [3.8, 4) is 5.75 Å². The lowest BCUT2D eigenvalue weighted by atomic mass is 10.2. The molecule has 0 aliphatic rings. The summed E-state index contributed by atoms with van der Waals surface area (Å²) in [5, 5.41) is 3.39. The predicted molar refractivity (Wildman–Crippen MR) is 64.1 cm³/mol. The molecular formula is C13H21NO. The molecule has 0 heterocycles. The maximum absolute atomic E-state index is 5.84. The van der Waals surface area contributed by atoms with Gasteiger partial charge in [0.05, 0.1) is 0 Å². The molecule has 0 amide bonds. The van der Waals surface area contributed by atoms with E-state index in [1.165, 1.54) is 12.8 Å². The minimum atomic E-state index is -0.295. The molecule has 0 fully saturated rings. The van der Waals surface area contributed by atoms with Crippen LogP contribution in [0.25, 0.3) is 0 Å². The van der Waals surface area contributed by atoms with Crippen LogP contribution in [0.5, 0.6) is 5.75 Å². The van der Waals surface area contributed by atoms with Crippen LogP contribution in [0.1, 0.15) is 33.6 Å². The molecule has 0 unspecified atom stereocenters. The standard InChI is InChI=1S/C13H21NO/c1-4-5-11-14-13(2,3)15-12-9-7-6-8-10-12/h6-10,14H,4-5,11H2,1-3H3. The number of hydrogen-bond acceptors (Lipinski definition) is 2. The number of rotatable bonds is 6. The molecule has 0 aliphatic heterocycles. The van der Waals surface area contributed by atoms with Crippen LogP contribution in [-0.4, -0.2) is 12.3 Å². The van der Waals surface area contributed by atoms with E-state index in [9.17, 15) is 0 Å². The van der Waals surface area contributed by atoms with Crippen LogP contribution in [0, 0.1) is 0 Å². The molecule has 15 heavy (non-hydrogen) atoms. The van der Waals surface area contributed by atoms with Crippen LogP contribution in [0.15, 0.2) is 30.3 Å². The summed E-state index contributed by atoms with van der Waals surface area (Å²) in [4.78, 5) is 0. The molecule has 0 radical (unpaired) electrons. The molecule has 1 aromatic rings. The minimum absolute atomic E-state index is 0.295. The highest BCUT2D eigenvalue weighted by atomic mass is 16.5. The van der Waals surface area contributed by atoms with Crippen molar-refractivity contribution in [2.24, 2.45) is 0 Å². The monoisotopic (exact) mass is 207 g/mol. The Morgan fingerprint density at radius 1 is 1.20 bits per heavy atom. The van der Waals surface area contributed by atoms with Crippen LogP contribution >= 0.6 is 0 Å². The summed E-state index contributed by atoms with van der Waals surface area (Å²) < 4.78 is 5.84. The fourth-order valence-electron chi connectivity index (χ4n) is 1.39. The molecular weight excluding hydrogens is 186 g/mol. The zero-order valence-electron chi connectivity index (χ0n) is 9.92. The average molecular weight is 207 g/mol. The molecule has 1 aromatic carbocycles. The van der Waals surface area contributed by atoms with Crippen molar-refractivity contribution in [3.05, 3.63) is 30.3 Å². The largest absolute Gasteiger partial charge is 0.473 e. The maximum atomic E-state index is 5.84. The van der Waals surface area contributed by atoms with Crippen molar-refractivity contribution >= 4 is 0 Å². The molecule has 0 bridgehead atoms. The highest BCUT2D eigenvalue weighted by Crippen LogP contribution is 2.15. The zero-order valence-corrected chi connectivity index (χ0v) is 9.92. The molecule has 0 atom stereocenters. The van der Waals surface area contributed by atoms with Gasteiger partial charge >= 0.3 is 0 Å². The molecule has 0 spiro atoms. The molecule has 0 aliphatic carbocycles. The molecule has 2 nitrogen and oxygen atoms in total. The van der Waals surface area contributed by atoms with Crippen molar-refractivity contribution in [2.75, 3.05) is 6.54 Å². The number of benzene rings is 1. The first-order valence-electron chi connectivity index (χ1n) is 5.63. The van der Waals surface area contributed by atoms with Crippen LogP contribution < -0.4 is 10.1 Å². The first kappa shape index (κ1) is 12.1. The van der Waals surface area contributed by atoms with Crippen LogP contribution in [0.2, 0.25) is 0 Å². The lowest BCUT2D eigenvalue weighted by Crippen LogP contribution is -2.45. The van der Waals surface area contributed by atoms with Crippen molar-refractivity contribution < 1.29 is 4.74 Å². The van der Waals surface area contributed by atoms with Crippen LogP contribution in [0.3, 0.4) is 0 Å². The van der Waals surface area contributed by atoms with E-state index in [0.29, 0.717) is 0 Å². The normalized spacial score (nSPS) is 11.4. The first-order valence-corrected chi connectivity index (χ1v) is 5.63. The van der Waals surface area contributed by atoms with E-state index in [1.807, 2.05) is 30.3 Å². The molecule has 1 rings (SSSR count). The third-order valence-corrected chi connectivity index (χ3v) is 2.20. The van der Waals surface area contributed by atoms with E-state index < -0.39 is 0 Å². The van der Waals surface area contributed by atoms with Gasteiger partial charge in [-0.1, -0.05) is 31.5 Å². The molecule has 1 N–H and O–H groups in total. The Morgan fingerprint density at radius 3 is 2.47 bits per heavy atom. The number of hydrogen-bond donors (Lipinski definition) is 1. The summed E-state index contributed by atoms with van der Waals surface area (Å²) in [6.07, 6.45) is 2.38. The first-order chi connectivity index (χ1) is 7.14. The smallest absolute Gasteiger partial charge is 0.155 e. The summed E-state index contributed by atoms with van der Waals surface area (Å²) in [7, 11) is 0. The average Bonchev–Trinajstić information content (AvgIpc) is 2.18. The fraction of sp³-hybridized carbons (Fsp3) is 0.538. The van der Waals surface area contributed by atoms with Crippen molar-refractivity contribution in [3.63, 3.8) is 0 Å². The lowest BCUT2D eigenvalue weighted by Gasteiger charge is -2.27. The molecule has 0 saturated heterocycles. The van der Waals surface area contributed by atoms with Gasteiger partial charge in [0.2, 0.25) is 0 Å². The van der Waals surface area contributed by atoms with Gasteiger partial charge in [0.1, 0.15) is 5.75 Å². The predicted octanol–water partition coefficient (Wildman–Crippen LogP) is 3.19. The van der Waals surface area contributed by atoms with E-state index in [1.54, 1.807) is 0 Å². The highest BCUT2D eigenvalue weighted by molar-refractivity contribution is 5.21. The van der Waals surface area contributed by atoms with Gasteiger partial charge in [0.25, 0.3) is 0 Å².